The van der Waals surface area contributed by atoms with Gasteiger partial charge in [0.1, 0.15) is 5.82 Å². The molecule has 2 aromatic carbocycles. The molecule has 3 aromatic rings. The van der Waals surface area contributed by atoms with E-state index in [0.29, 0.717) is 11.6 Å². The summed E-state index contributed by atoms with van der Waals surface area (Å²) in [6, 6.07) is 13.6. The van der Waals surface area contributed by atoms with E-state index in [1.807, 2.05) is 42.5 Å². The Labute approximate surface area is 150 Å². The maximum absolute atomic E-state index is 11.3. The summed E-state index contributed by atoms with van der Waals surface area (Å²) in [5, 5.41) is 9.92. The summed E-state index contributed by atoms with van der Waals surface area (Å²) in [5.41, 5.74) is 3.66. The highest BCUT2D eigenvalue weighted by Gasteiger charge is 2.26. The zero-order valence-electron chi connectivity index (χ0n) is 13.6. The van der Waals surface area contributed by atoms with Gasteiger partial charge in [0.15, 0.2) is 0 Å². The standard InChI is InChI=1S/C19H18ClN3O2/c20-15-8-7-13(23-9-3-4-12(11-23)19(24)25)10-14(15)18-21-16-5-1-2-6-17(16)22-18/h1-2,5-8,10,12H,3-4,9,11H2,(H,21,22)(H,24,25). The van der Waals surface area contributed by atoms with Crippen molar-refractivity contribution in [1.82, 2.24) is 9.97 Å². The molecule has 1 atom stereocenters. The van der Waals surface area contributed by atoms with Gasteiger partial charge in [-0.15, -0.1) is 0 Å². The van der Waals surface area contributed by atoms with Crippen LogP contribution in [0.5, 0.6) is 0 Å². The van der Waals surface area contributed by atoms with Crippen molar-refractivity contribution < 1.29 is 9.90 Å². The van der Waals surface area contributed by atoms with Gasteiger partial charge < -0.3 is 15.0 Å². The summed E-state index contributed by atoms with van der Waals surface area (Å²) in [7, 11) is 0. The van der Waals surface area contributed by atoms with Gasteiger partial charge in [-0.25, -0.2) is 4.98 Å². The Kier molecular flexibility index (Phi) is 4.09. The Morgan fingerprint density at radius 3 is 2.92 bits per heavy atom. The molecule has 1 aromatic heterocycles. The van der Waals surface area contributed by atoms with Crippen LogP contribution in [0, 0.1) is 5.92 Å². The number of hydrogen-bond donors (Lipinski definition) is 2. The van der Waals surface area contributed by atoms with Gasteiger partial charge >= 0.3 is 5.97 Å². The molecule has 0 spiro atoms. The fourth-order valence-corrected chi connectivity index (χ4v) is 3.59. The Morgan fingerprint density at radius 1 is 1.28 bits per heavy atom. The molecule has 1 unspecified atom stereocenters. The van der Waals surface area contributed by atoms with Gasteiger partial charge in [-0.3, -0.25) is 4.79 Å². The number of carbonyl (C=O) groups is 1. The molecular formula is C19H18ClN3O2. The first kappa shape index (κ1) is 16.0. The quantitative estimate of drug-likeness (QED) is 0.739. The van der Waals surface area contributed by atoms with Crippen LogP contribution in [0.4, 0.5) is 5.69 Å². The van der Waals surface area contributed by atoms with Crippen LogP contribution in [-0.2, 0) is 4.79 Å². The van der Waals surface area contributed by atoms with Gasteiger partial charge in [-0.2, -0.15) is 0 Å². The van der Waals surface area contributed by atoms with Gasteiger partial charge in [-0.05, 0) is 43.2 Å². The normalized spacial score (nSPS) is 17.8. The predicted octanol–water partition coefficient (Wildman–Crippen LogP) is 4.18. The molecule has 0 radical (unpaired) electrons. The second-order valence-corrected chi connectivity index (χ2v) is 6.80. The highest BCUT2D eigenvalue weighted by molar-refractivity contribution is 6.33. The van der Waals surface area contributed by atoms with Crippen LogP contribution < -0.4 is 4.90 Å². The number of imidazole rings is 1. The number of hydrogen-bond acceptors (Lipinski definition) is 3. The number of aromatic amines is 1. The largest absolute Gasteiger partial charge is 0.481 e. The van der Waals surface area contributed by atoms with Crippen molar-refractivity contribution in [3.63, 3.8) is 0 Å². The van der Waals surface area contributed by atoms with Gasteiger partial charge in [0, 0.05) is 24.3 Å². The number of nitrogens with zero attached hydrogens (tertiary/aromatic N) is 2. The van der Waals surface area contributed by atoms with Gasteiger partial charge in [0.2, 0.25) is 0 Å². The number of para-hydroxylation sites is 2. The van der Waals surface area contributed by atoms with Crippen molar-refractivity contribution in [2.45, 2.75) is 12.8 Å². The topological polar surface area (TPSA) is 69.2 Å². The minimum atomic E-state index is -0.726. The zero-order chi connectivity index (χ0) is 17.4. The first-order valence-electron chi connectivity index (χ1n) is 8.34. The van der Waals surface area contributed by atoms with Crippen LogP contribution in [-0.4, -0.2) is 34.1 Å². The number of anilines is 1. The Balaban J connectivity index is 1.70. The number of halogens is 1. The number of rotatable bonds is 3. The van der Waals surface area contributed by atoms with Crippen molar-refractivity contribution in [3.05, 3.63) is 47.5 Å². The highest BCUT2D eigenvalue weighted by Crippen LogP contribution is 2.33. The molecule has 0 amide bonds. The van der Waals surface area contributed by atoms with E-state index in [4.69, 9.17) is 11.6 Å². The molecular weight excluding hydrogens is 338 g/mol. The van der Waals surface area contributed by atoms with Crippen molar-refractivity contribution in [1.29, 1.82) is 0 Å². The molecule has 2 N–H and O–H groups in total. The molecule has 0 bridgehead atoms. The molecule has 6 heteroatoms. The lowest BCUT2D eigenvalue weighted by atomic mass is 9.97. The maximum atomic E-state index is 11.3. The van der Waals surface area contributed by atoms with Crippen molar-refractivity contribution in [3.8, 4) is 11.4 Å². The molecule has 0 saturated carbocycles. The number of aromatic nitrogens is 2. The summed E-state index contributed by atoms with van der Waals surface area (Å²) in [4.78, 5) is 21.3. The van der Waals surface area contributed by atoms with Gasteiger partial charge in [0.25, 0.3) is 0 Å². The Bertz CT molecular complexity index is 904. The van der Waals surface area contributed by atoms with Crippen molar-refractivity contribution in [2.75, 3.05) is 18.0 Å². The highest BCUT2D eigenvalue weighted by atomic mass is 35.5. The number of nitrogens with one attached hydrogen (secondary N) is 1. The van der Waals surface area contributed by atoms with E-state index < -0.39 is 5.97 Å². The number of H-pyrrole nitrogens is 1. The van der Waals surface area contributed by atoms with E-state index in [0.717, 1.165) is 47.5 Å². The minimum Gasteiger partial charge on any atom is -0.481 e. The second kappa shape index (κ2) is 6.41. The molecule has 0 aliphatic carbocycles. The van der Waals surface area contributed by atoms with E-state index in [1.54, 1.807) is 0 Å². The van der Waals surface area contributed by atoms with Crippen LogP contribution in [0.25, 0.3) is 22.4 Å². The monoisotopic (exact) mass is 355 g/mol. The molecule has 25 heavy (non-hydrogen) atoms. The van der Waals surface area contributed by atoms with E-state index in [2.05, 4.69) is 14.9 Å². The fraction of sp³-hybridized carbons (Fsp3) is 0.263. The zero-order valence-corrected chi connectivity index (χ0v) is 14.3. The lowest BCUT2D eigenvalue weighted by Gasteiger charge is -2.32. The lowest BCUT2D eigenvalue weighted by Crippen LogP contribution is -2.38. The average molecular weight is 356 g/mol. The van der Waals surface area contributed by atoms with Crippen LogP contribution >= 0.6 is 11.6 Å². The number of carboxylic acids is 1. The number of carboxylic acid groups (broad SMARTS) is 1. The van der Waals surface area contributed by atoms with Crippen LogP contribution in [0.3, 0.4) is 0 Å². The summed E-state index contributed by atoms with van der Waals surface area (Å²) < 4.78 is 0. The molecule has 1 aliphatic heterocycles. The maximum Gasteiger partial charge on any atom is 0.308 e. The molecule has 4 rings (SSSR count). The molecule has 5 nitrogen and oxygen atoms in total. The third kappa shape index (κ3) is 3.07. The first-order valence-corrected chi connectivity index (χ1v) is 8.72. The molecule has 128 valence electrons. The predicted molar refractivity (Wildman–Crippen MR) is 99.1 cm³/mol. The molecule has 1 aliphatic rings. The summed E-state index contributed by atoms with van der Waals surface area (Å²) in [6.07, 6.45) is 1.61. The smallest absolute Gasteiger partial charge is 0.308 e. The summed E-state index contributed by atoms with van der Waals surface area (Å²) in [5.74, 6) is -0.324. The Morgan fingerprint density at radius 2 is 2.12 bits per heavy atom. The number of fused-ring (bicyclic) bond motifs is 1. The number of benzene rings is 2. The lowest BCUT2D eigenvalue weighted by molar-refractivity contribution is -0.141. The average Bonchev–Trinajstić information content (AvgIpc) is 3.06. The molecule has 2 heterocycles. The van der Waals surface area contributed by atoms with Crippen LogP contribution in [0.1, 0.15) is 12.8 Å². The third-order valence-electron chi connectivity index (χ3n) is 4.73. The first-order chi connectivity index (χ1) is 12.1. The van der Waals surface area contributed by atoms with Crippen LogP contribution in [0.2, 0.25) is 5.02 Å². The molecule has 1 fully saturated rings. The summed E-state index contributed by atoms with van der Waals surface area (Å²) >= 11 is 6.40. The fourth-order valence-electron chi connectivity index (χ4n) is 3.39. The molecule has 1 saturated heterocycles. The minimum absolute atomic E-state index is 0.320. The SMILES string of the molecule is O=C(O)C1CCCN(c2ccc(Cl)c(-c3nc4ccccc4[nH]3)c2)C1. The van der Waals surface area contributed by atoms with Crippen LogP contribution in [0.15, 0.2) is 42.5 Å². The third-order valence-corrected chi connectivity index (χ3v) is 5.06. The van der Waals surface area contributed by atoms with Gasteiger partial charge in [0.05, 0.1) is 22.0 Å². The van der Waals surface area contributed by atoms with E-state index >= 15 is 0 Å². The summed E-state index contributed by atoms with van der Waals surface area (Å²) in [6.45, 7) is 1.38. The number of aliphatic carboxylic acids is 1. The van der Waals surface area contributed by atoms with E-state index in [1.165, 1.54) is 0 Å². The van der Waals surface area contributed by atoms with E-state index in [-0.39, 0.29) is 5.92 Å². The second-order valence-electron chi connectivity index (χ2n) is 6.39. The van der Waals surface area contributed by atoms with Gasteiger partial charge in [-0.1, -0.05) is 23.7 Å². The van der Waals surface area contributed by atoms with E-state index in [9.17, 15) is 9.90 Å². The van der Waals surface area contributed by atoms with Crippen molar-refractivity contribution in [2.24, 2.45) is 5.92 Å². The number of piperidine rings is 1. The Hall–Kier alpha value is -2.53. The van der Waals surface area contributed by atoms with Crippen molar-refractivity contribution >= 4 is 34.3 Å².